The van der Waals surface area contributed by atoms with Crippen LogP contribution in [0.3, 0.4) is 0 Å². The number of aromatic nitrogens is 2. The van der Waals surface area contributed by atoms with Gasteiger partial charge in [-0.15, -0.1) is 0 Å². The van der Waals surface area contributed by atoms with Crippen molar-refractivity contribution in [1.82, 2.24) is 9.97 Å². The SMILES string of the molecule is CCOCCOCCCCCc1ncc(-c2ccc(OC3CCCCO3)cc2)cn1. The maximum Gasteiger partial charge on any atom is 0.199 e. The van der Waals surface area contributed by atoms with Gasteiger partial charge in [-0.25, -0.2) is 9.97 Å². The summed E-state index contributed by atoms with van der Waals surface area (Å²) >= 11 is 0. The Morgan fingerprint density at radius 3 is 2.43 bits per heavy atom. The third kappa shape index (κ3) is 8.01. The molecule has 1 aromatic carbocycles. The molecule has 0 saturated carbocycles. The van der Waals surface area contributed by atoms with Gasteiger partial charge in [0.1, 0.15) is 11.6 Å². The molecule has 30 heavy (non-hydrogen) atoms. The van der Waals surface area contributed by atoms with Crippen LogP contribution in [-0.4, -0.2) is 49.3 Å². The maximum absolute atomic E-state index is 5.89. The molecule has 2 heterocycles. The Bertz CT molecular complexity index is 700. The van der Waals surface area contributed by atoms with Crippen molar-refractivity contribution in [2.45, 2.75) is 58.2 Å². The monoisotopic (exact) mass is 414 g/mol. The minimum Gasteiger partial charge on any atom is -0.465 e. The Hall–Kier alpha value is -2.02. The van der Waals surface area contributed by atoms with Gasteiger partial charge in [0.15, 0.2) is 6.29 Å². The number of benzene rings is 1. The van der Waals surface area contributed by atoms with E-state index in [1.807, 2.05) is 43.6 Å². The van der Waals surface area contributed by atoms with Gasteiger partial charge in [0.2, 0.25) is 0 Å². The van der Waals surface area contributed by atoms with Crippen LogP contribution in [-0.2, 0) is 20.6 Å². The van der Waals surface area contributed by atoms with Crippen LogP contribution in [0, 0.1) is 0 Å². The van der Waals surface area contributed by atoms with E-state index < -0.39 is 0 Å². The van der Waals surface area contributed by atoms with Crippen molar-refractivity contribution in [3.63, 3.8) is 0 Å². The van der Waals surface area contributed by atoms with Crippen molar-refractivity contribution < 1.29 is 18.9 Å². The number of nitrogens with zero attached hydrogens (tertiary/aromatic N) is 2. The minimum absolute atomic E-state index is 0.117. The highest BCUT2D eigenvalue weighted by Gasteiger charge is 2.15. The smallest absolute Gasteiger partial charge is 0.199 e. The lowest BCUT2D eigenvalue weighted by Crippen LogP contribution is -2.24. The van der Waals surface area contributed by atoms with E-state index in [1.54, 1.807) is 0 Å². The zero-order chi connectivity index (χ0) is 20.9. The molecule has 1 unspecified atom stereocenters. The van der Waals surface area contributed by atoms with E-state index in [2.05, 4.69) is 9.97 Å². The first kappa shape index (κ1) is 22.7. The zero-order valence-electron chi connectivity index (χ0n) is 18.1. The van der Waals surface area contributed by atoms with Crippen molar-refractivity contribution in [1.29, 1.82) is 0 Å². The Kier molecular flexibility index (Phi) is 10.1. The molecule has 1 saturated heterocycles. The van der Waals surface area contributed by atoms with E-state index in [4.69, 9.17) is 18.9 Å². The minimum atomic E-state index is -0.117. The van der Waals surface area contributed by atoms with Gasteiger partial charge in [0.25, 0.3) is 0 Å². The van der Waals surface area contributed by atoms with Crippen LogP contribution in [0.1, 0.15) is 51.3 Å². The van der Waals surface area contributed by atoms with E-state index in [1.165, 1.54) is 0 Å². The highest BCUT2D eigenvalue weighted by molar-refractivity contribution is 5.62. The number of rotatable bonds is 13. The van der Waals surface area contributed by atoms with Crippen LogP contribution in [0.5, 0.6) is 5.75 Å². The normalized spacial score (nSPS) is 16.5. The summed E-state index contributed by atoms with van der Waals surface area (Å²) < 4.78 is 22.3. The molecule has 6 nitrogen and oxygen atoms in total. The van der Waals surface area contributed by atoms with Crippen molar-refractivity contribution in [2.75, 3.05) is 33.0 Å². The summed E-state index contributed by atoms with van der Waals surface area (Å²) in [7, 11) is 0. The molecule has 1 fully saturated rings. The average Bonchev–Trinajstić information content (AvgIpc) is 2.80. The summed E-state index contributed by atoms with van der Waals surface area (Å²) in [6, 6.07) is 8.06. The molecular weight excluding hydrogens is 380 g/mol. The van der Waals surface area contributed by atoms with Crippen molar-refractivity contribution >= 4 is 0 Å². The summed E-state index contributed by atoms with van der Waals surface area (Å²) in [5.41, 5.74) is 2.10. The van der Waals surface area contributed by atoms with Crippen molar-refractivity contribution in [2.24, 2.45) is 0 Å². The van der Waals surface area contributed by atoms with E-state index >= 15 is 0 Å². The number of hydrogen-bond donors (Lipinski definition) is 0. The molecule has 1 aliphatic rings. The summed E-state index contributed by atoms with van der Waals surface area (Å²) in [6.45, 7) is 5.68. The second-order valence-corrected chi connectivity index (χ2v) is 7.45. The van der Waals surface area contributed by atoms with Gasteiger partial charge >= 0.3 is 0 Å². The fourth-order valence-corrected chi connectivity index (χ4v) is 3.34. The largest absolute Gasteiger partial charge is 0.465 e. The highest BCUT2D eigenvalue weighted by atomic mass is 16.7. The molecule has 0 radical (unpaired) electrons. The first-order chi connectivity index (χ1) is 14.8. The number of hydrogen-bond acceptors (Lipinski definition) is 6. The summed E-state index contributed by atoms with van der Waals surface area (Å²) in [5, 5.41) is 0. The van der Waals surface area contributed by atoms with Gasteiger partial charge in [-0.05, 0) is 50.3 Å². The van der Waals surface area contributed by atoms with Gasteiger partial charge in [0.05, 0.1) is 19.8 Å². The standard InChI is InChI=1S/C24H34N2O4/c1-2-27-16-17-28-14-6-3-4-8-23-25-18-21(19-26-23)20-10-12-22(13-11-20)30-24-9-5-7-15-29-24/h10-13,18-19,24H,2-9,14-17H2,1H3. The topological polar surface area (TPSA) is 62.7 Å². The molecule has 0 aliphatic carbocycles. The molecule has 0 spiro atoms. The summed E-state index contributed by atoms with van der Waals surface area (Å²) in [6.07, 6.45) is 11.1. The second-order valence-electron chi connectivity index (χ2n) is 7.45. The van der Waals surface area contributed by atoms with Gasteiger partial charge in [-0.2, -0.15) is 0 Å². The van der Waals surface area contributed by atoms with Crippen LogP contribution < -0.4 is 4.74 Å². The van der Waals surface area contributed by atoms with Gasteiger partial charge < -0.3 is 18.9 Å². The summed E-state index contributed by atoms with van der Waals surface area (Å²) in [4.78, 5) is 9.06. The van der Waals surface area contributed by atoms with Crippen molar-refractivity contribution in [3.05, 3.63) is 42.5 Å². The Balaban J connectivity index is 1.35. The van der Waals surface area contributed by atoms with Crippen molar-refractivity contribution in [3.8, 4) is 16.9 Å². The lowest BCUT2D eigenvalue weighted by Gasteiger charge is -2.23. The van der Waals surface area contributed by atoms with Gasteiger partial charge in [-0.3, -0.25) is 0 Å². The van der Waals surface area contributed by atoms with Crippen LogP contribution in [0.15, 0.2) is 36.7 Å². The maximum atomic E-state index is 5.89. The Labute approximate surface area is 179 Å². The number of unbranched alkanes of at least 4 members (excludes halogenated alkanes) is 2. The van der Waals surface area contributed by atoms with E-state index in [0.717, 1.165) is 87.5 Å². The van der Waals surface area contributed by atoms with E-state index in [-0.39, 0.29) is 6.29 Å². The second kappa shape index (κ2) is 13.3. The molecule has 0 N–H and O–H groups in total. The van der Waals surface area contributed by atoms with Gasteiger partial charge in [0, 0.05) is 44.0 Å². The summed E-state index contributed by atoms with van der Waals surface area (Å²) in [5.74, 6) is 1.73. The van der Waals surface area contributed by atoms with Crippen LogP contribution in [0.4, 0.5) is 0 Å². The molecule has 3 rings (SSSR count). The molecule has 0 bridgehead atoms. The zero-order valence-corrected chi connectivity index (χ0v) is 18.1. The molecule has 1 aromatic heterocycles. The first-order valence-electron chi connectivity index (χ1n) is 11.2. The third-order valence-electron chi connectivity index (χ3n) is 5.06. The van der Waals surface area contributed by atoms with Crippen LogP contribution in [0.2, 0.25) is 0 Å². The Morgan fingerprint density at radius 1 is 0.900 bits per heavy atom. The molecular formula is C24H34N2O4. The average molecular weight is 415 g/mol. The first-order valence-corrected chi connectivity index (χ1v) is 11.2. The van der Waals surface area contributed by atoms with Crippen LogP contribution >= 0.6 is 0 Å². The van der Waals surface area contributed by atoms with Crippen LogP contribution in [0.25, 0.3) is 11.1 Å². The number of ether oxygens (including phenoxy) is 4. The molecule has 6 heteroatoms. The fourth-order valence-electron chi connectivity index (χ4n) is 3.34. The fraction of sp³-hybridized carbons (Fsp3) is 0.583. The lowest BCUT2D eigenvalue weighted by molar-refractivity contribution is -0.105. The molecule has 1 atom stereocenters. The lowest BCUT2D eigenvalue weighted by atomic mass is 10.1. The third-order valence-corrected chi connectivity index (χ3v) is 5.06. The quantitative estimate of drug-likeness (QED) is 0.438. The predicted molar refractivity (Wildman–Crippen MR) is 117 cm³/mol. The number of aryl methyl sites for hydroxylation is 1. The van der Waals surface area contributed by atoms with E-state index in [9.17, 15) is 0 Å². The molecule has 2 aromatic rings. The molecule has 164 valence electrons. The van der Waals surface area contributed by atoms with E-state index in [0.29, 0.717) is 13.2 Å². The molecule has 1 aliphatic heterocycles. The van der Waals surface area contributed by atoms with Gasteiger partial charge in [-0.1, -0.05) is 18.6 Å². The predicted octanol–water partition coefficient (Wildman–Crippen LogP) is 4.81. The molecule has 0 amide bonds. The highest BCUT2D eigenvalue weighted by Crippen LogP contribution is 2.24. The Morgan fingerprint density at radius 2 is 1.70 bits per heavy atom.